The third-order valence-corrected chi connectivity index (χ3v) is 4.27. The molecule has 0 saturated carbocycles. The van der Waals surface area contributed by atoms with Crippen LogP contribution in [0.4, 0.5) is 0 Å². The zero-order chi connectivity index (χ0) is 17.0. The Bertz CT molecular complexity index is 1180. The summed E-state index contributed by atoms with van der Waals surface area (Å²) < 4.78 is 27.6. The molecule has 0 aliphatic carbocycles. The van der Waals surface area contributed by atoms with E-state index in [0.29, 0.717) is 45.1 Å². The quantitative estimate of drug-likeness (QED) is 0.552. The van der Waals surface area contributed by atoms with Gasteiger partial charge in [-0.25, -0.2) is 0 Å². The maximum atomic E-state index is 12.5. The first-order valence-electron chi connectivity index (χ1n) is 7.66. The average molecular weight is 336 g/mol. The van der Waals surface area contributed by atoms with E-state index in [4.69, 9.17) is 23.0 Å². The van der Waals surface area contributed by atoms with E-state index in [0.717, 1.165) is 5.39 Å². The molecule has 0 bridgehead atoms. The average Bonchev–Trinajstić information content (AvgIpc) is 3.29. The molecule has 0 fully saturated rings. The number of benzene rings is 2. The molecule has 0 radical (unpaired) electrons. The minimum Gasteiger partial charge on any atom is -0.493 e. The van der Waals surface area contributed by atoms with E-state index in [1.807, 2.05) is 0 Å². The first kappa shape index (κ1) is 14.0. The van der Waals surface area contributed by atoms with Crippen LogP contribution in [0.25, 0.3) is 33.3 Å². The Hall–Kier alpha value is -3.41. The van der Waals surface area contributed by atoms with Crippen LogP contribution < -0.4 is 19.6 Å². The Kier molecular flexibility index (Phi) is 2.82. The fourth-order valence-electron chi connectivity index (χ4n) is 3.07. The third-order valence-electron chi connectivity index (χ3n) is 4.27. The molecule has 1 aliphatic rings. The second-order valence-corrected chi connectivity index (χ2v) is 5.66. The van der Waals surface area contributed by atoms with Crippen molar-refractivity contribution in [3.05, 3.63) is 52.9 Å². The lowest BCUT2D eigenvalue weighted by Gasteiger charge is -2.08. The highest BCUT2D eigenvalue weighted by Gasteiger charge is 2.22. The van der Waals surface area contributed by atoms with Gasteiger partial charge in [0.15, 0.2) is 16.9 Å². The predicted molar refractivity (Wildman–Crippen MR) is 90.4 cm³/mol. The monoisotopic (exact) mass is 336 g/mol. The van der Waals surface area contributed by atoms with Gasteiger partial charge >= 0.3 is 0 Å². The van der Waals surface area contributed by atoms with Crippen molar-refractivity contribution in [3.8, 4) is 28.6 Å². The Morgan fingerprint density at radius 1 is 1.04 bits per heavy atom. The number of methoxy groups -OCH3 is 1. The van der Waals surface area contributed by atoms with Crippen LogP contribution >= 0.6 is 0 Å². The summed E-state index contributed by atoms with van der Waals surface area (Å²) in [7, 11) is 1.55. The summed E-state index contributed by atoms with van der Waals surface area (Å²) >= 11 is 0. The van der Waals surface area contributed by atoms with Gasteiger partial charge in [0, 0.05) is 11.6 Å². The molecule has 2 aromatic carbocycles. The van der Waals surface area contributed by atoms with Crippen molar-refractivity contribution in [3.63, 3.8) is 0 Å². The van der Waals surface area contributed by atoms with E-state index in [9.17, 15) is 4.79 Å². The molecule has 6 nitrogen and oxygen atoms in total. The first-order valence-corrected chi connectivity index (χ1v) is 7.66. The summed E-state index contributed by atoms with van der Waals surface area (Å²) in [5.74, 6) is 2.04. The van der Waals surface area contributed by atoms with Gasteiger partial charge in [-0.1, -0.05) is 0 Å². The van der Waals surface area contributed by atoms with Gasteiger partial charge in [0.05, 0.1) is 24.1 Å². The molecule has 0 saturated heterocycles. The second kappa shape index (κ2) is 5.04. The van der Waals surface area contributed by atoms with Crippen LogP contribution in [-0.4, -0.2) is 13.9 Å². The SMILES string of the molecule is COc1cc(-c2cc(=O)c3ccc4occc4c3o2)cc2c1OCO2. The van der Waals surface area contributed by atoms with Gasteiger partial charge in [-0.15, -0.1) is 0 Å². The molecule has 0 atom stereocenters. The molecule has 2 aromatic heterocycles. The van der Waals surface area contributed by atoms with Crippen LogP contribution in [-0.2, 0) is 0 Å². The molecule has 0 unspecified atom stereocenters. The van der Waals surface area contributed by atoms with Crippen molar-refractivity contribution in [1.29, 1.82) is 0 Å². The lowest BCUT2D eigenvalue weighted by Crippen LogP contribution is -2.00. The molecule has 0 spiro atoms. The largest absolute Gasteiger partial charge is 0.493 e. The van der Waals surface area contributed by atoms with E-state index in [2.05, 4.69) is 0 Å². The number of hydrogen-bond acceptors (Lipinski definition) is 6. The van der Waals surface area contributed by atoms with Crippen LogP contribution in [0.2, 0.25) is 0 Å². The molecule has 124 valence electrons. The molecular formula is C19H12O6. The van der Waals surface area contributed by atoms with Gasteiger partial charge in [0.1, 0.15) is 16.9 Å². The Balaban J connectivity index is 1.80. The predicted octanol–water partition coefficient (Wildman–Crippen LogP) is 3.94. The molecule has 0 amide bonds. The van der Waals surface area contributed by atoms with Gasteiger partial charge in [0.25, 0.3) is 0 Å². The van der Waals surface area contributed by atoms with Gasteiger partial charge in [-0.05, 0) is 30.3 Å². The fourth-order valence-corrected chi connectivity index (χ4v) is 3.07. The molecule has 25 heavy (non-hydrogen) atoms. The van der Waals surface area contributed by atoms with E-state index in [1.54, 1.807) is 43.7 Å². The number of ether oxygens (including phenoxy) is 3. The molecule has 1 aliphatic heterocycles. The van der Waals surface area contributed by atoms with Crippen LogP contribution in [0, 0.1) is 0 Å². The molecule has 0 N–H and O–H groups in total. The summed E-state index contributed by atoms with van der Waals surface area (Å²) in [4.78, 5) is 12.5. The summed E-state index contributed by atoms with van der Waals surface area (Å²) in [5.41, 5.74) is 1.69. The number of hydrogen-bond donors (Lipinski definition) is 0. The first-order chi connectivity index (χ1) is 12.2. The van der Waals surface area contributed by atoms with Gasteiger partial charge in [0.2, 0.25) is 12.5 Å². The Morgan fingerprint density at radius 2 is 1.96 bits per heavy atom. The minimum absolute atomic E-state index is 0.129. The van der Waals surface area contributed by atoms with Crippen molar-refractivity contribution in [2.75, 3.05) is 13.9 Å². The van der Waals surface area contributed by atoms with E-state index >= 15 is 0 Å². The molecular weight excluding hydrogens is 324 g/mol. The van der Waals surface area contributed by atoms with Crippen molar-refractivity contribution in [2.45, 2.75) is 0 Å². The minimum atomic E-state index is -0.129. The lowest BCUT2D eigenvalue weighted by atomic mass is 10.1. The van der Waals surface area contributed by atoms with Gasteiger partial charge < -0.3 is 23.0 Å². The zero-order valence-electron chi connectivity index (χ0n) is 13.2. The van der Waals surface area contributed by atoms with Crippen LogP contribution in [0.1, 0.15) is 0 Å². The topological polar surface area (TPSA) is 71.0 Å². The van der Waals surface area contributed by atoms with Crippen LogP contribution in [0.15, 0.2) is 56.3 Å². The zero-order valence-corrected chi connectivity index (χ0v) is 13.2. The van der Waals surface area contributed by atoms with Crippen molar-refractivity contribution < 1.29 is 23.0 Å². The highest BCUT2D eigenvalue weighted by Crippen LogP contribution is 2.44. The fraction of sp³-hybridized carbons (Fsp3) is 0.105. The maximum Gasteiger partial charge on any atom is 0.231 e. The number of furan rings is 1. The molecule has 4 aromatic rings. The standard InChI is InChI=1S/C19H12O6/c1-21-16-6-10(7-17-19(16)24-9-23-17)15-8-13(20)11-2-3-14-12(4-5-22-14)18(11)25-15/h2-8H,9H2,1H3. The summed E-state index contributed by atoms with van der Waals surface area (Å²) in [6.07, 6.45) is 1.57. The second-order valence-electron chi connectivity index (χ2n) is 5.66. The Morgan fingerprint density at radius 3 is 2.84 bits per heavy atom. The summed E-state index contributed by atoms with van der Waals surface area (Å²) in [6.45, 7) is 0.131. The molecule has 6 heteroatoms. The smallest absolute Gasteiger partial charge is 0.231 e. The van der Waals surface area contributed by atoms with E-state index in [-0.39, 0.29) is 12.2 Å². The Labute approximate surface area is 141 Å². The number of fused-ring (bicyclic) bond motifs is 4. The molecule has 5 rings (SSSR count). The van der Waals surface area contributed by atoms with E-state index < -0.39 is 0 Å². The van der Waals surface area contributed by atoms with Crippen molar-refractivity contribution in [1.82, 2.24) is 0 Å². The van der Waals surface area contributed by atoms with Gasteiger partial charge in [-0.3, -0.25) is 4.79 Å². The maximum absolute atomic E-state index is 12.5. The van der Waals surface area contributed by atoms with Gasteiger partial charge in [-0.2, -0.15) is 0 Å². The molecule has 3 heterocycles. The van der Waals surface area contributed by atoms with Crippen LogP contribution in [0.5, 0.6) is 17.2 Å². The van der Waals surface area contributed by atoms with Crippen molar-refractivity contribution >= 4 is 21.9 Å². The highest BCUT2D eigenvalue weighted by atomic mass is 16.7. The van der Waals surface area contributed by atoms with Crippen molar-refractivity contribution in [2.24, 2.45) is 0 Å². The summed E-state index contributed by atoms with van der Waals surface area (Å²) in [6, 6.07) is 10.2. The van der Waals surface area contributed by atoms with E-state index in [1.165, 1.54) is 6.07 Å². The lowest BCUT2D eigenvalue weighted by molar-refractivity contribution is 0.171. The number of rotatable bonds is 2. The summed E-state index contributed by atoms with van der Waals surface area (Å²) in [5, 5.41) is 1.26. The highest BCUT2D eigenvalue weighted by molar-refractivity contribution is 6.02. The third kappa shape index (κ3) is 2.00. The van der Waals surface area contributed by atoms with Crippen LogP contribution in [0.3, 0.4) is 0 Å². The normalized spacial score (nSPS) is 12.8.